The summed E-state index contributed by atoms with van der Waals surface area (Å²) in [6.45, 7) is 2.56. The van der Waals surface area contributed by atoms with Crippen LogP contribution in [-0.2, 0) is 14.3 Å². The Labute approximate surface area is 109 Å². The quantitative estimate of drug-likeness (QED) is 0.724. The number of rotatable bonds is 3. The first-order valence-electron chi connectivity index (χ1n) is 7.25. The van der Waals surface area contributed by atoms with Crippen LogP contribution < -0.4 is 0 Å². The van der Waals surface area contributed by atoms with Crippen molar-refractivity contribution >= 4 is 5.78 Å². The zero-order valence-electron chi connectivity index (χ0n) is 11.5. The van der Waals surface area contributed by atoms with Crippen LogP contribution in [0.4, 0.5) is 0 Å². The number of Topliss-reactive ketones (excluding diaryl/α,β-unsaturated/α-hetero) is 1. The second-order valence-corrected chi connectivity index (χ2v) is 6.79. The Morgan fingerprint density at radius 3 is 2.94 bits per heavy atom. The van der Waals surface area contributed by atoms with E-state index in [0.29, 0.717) is 24.6 Å². The van der Waals surface area contributed by atoms with Crippen molar-refractivity contribution < 1.29 is 14.3 Å². The topological polar surface area (TPSA) is 35.5 Å². The lowest BCUT2D eigenvalue weighted by Crippen LogP contribution is -2.50. The standard InChI is InChI=1S/C15H24O3/c1-14-6-7-15(9-14)11(8-12(14)16)4-3-5-13(15)18-10-17-2/h11,13H,3-10H2,1-2H3/t11-,13-,14-,15-/m0/s1. The maximum Gasteiger partial charge on any atom is 0.146 e. The molecular weight excluding hydrogens is 228 g/mol. The van der Waals surface area contributed by atoms with Crippen molar-refractivity contribution in [1.29, 1.82) is 0 Å². The van der Waals surface area contributed by atoms with Crippen molar-refractivity contribution in [2.24, 2.45) is 16.7 Å². The molecule has 4 atom stereocenters. The van der Waals surface area contributed by atoms with Gasteiger partial charge in [0.15, 0.2) is 0 Å². The molecule has 18 heavy (non-hydrogen) atoms. The first-order chi connectivity index (χ1) is 8.61. The first kappa shape index (κ1) is 12.6. The highest BCUT2D eigenvalue weighted by atomic mass is 16.7. The molecule has 3 aliphatic carbocycles. The fraction of sp³-hybridized carbons (Fsp3) is 0.933. The van der Waals surface area contributed by atoms with Crippen LogP contribution in [0.3, 0.4) is 0 Å². The van der Waals surface area contributed by atoms with Gasteiger partial charge in [-0.25, -0.2) is 0 Å². The van der Waals surface area contributed by atoms with E-state index in [2.05, 4.69) is 6.92 Å². The van der Waals surface area contributed by atoms with E-state index in [1.165, 1.54) is 19.3 Å². The van der Waals surface area contributed by atoms with Crippen LogP contribution in [0.25, 0.3) is 0 Å². The third-order valence-electron chi connectivity index (χ3n) is 5.83. The van der Waals surface area contributed by atoms with Crippen LogP contribution in [0.1, 0.15) is 51.9 Å². The van der Waals surface area contributed by atoms with Gasteiger partial charge in [0.05, 0.1) is 6.10 Å². The maximum atomic E-state index is 12.3. The molecule has 0 amide bonds. The van der Waals surface area contributed by atoms with Crippen LogP contribution in [-0.4, -0.2) is 25.8 Å². The van der Waals surface area contributed by atoms with Gasteiger partial charge in [-0.15, -0.1) is 0 Å². The lowest BCUT2D eigenvalue weighted by Gasteiger charge is -2.50. The number of hydrogen-bond acceptors (Lipinski definition) is 3. The van der Waals surface area contributed by atoms with Crippen molar-refractivity contribution in [2.75, 3.05) is 13.9 Å². The van der Waals surface area contributed by atoms with Gasteiger partial charge in [-0.2, -0.15) is 0 Å². The molecule has 0 heterocycles. The largest absolute Gasteiger partial charge is 0.359 e. The molecule has 3 aliphatic rings. The molecule has 0 aromatic carbocycles. The summed E-state index contributed by atoms with van der Waals surface area (Å²) in [5.41, 5.74) is 0.224. The predicted octanol–water partition coefficient (Wildman–Crippen LogP) is 2.93. The summed E-state index contributed by atoms with van der Waals surface area (Å²) >= 11 is 0. The highest BCUT2D eigenvalue weighted by molar-refractivity contribution is 5.86. The molecule has 3 fully saturated rings. The van der Waals surface area contributed by atoms with Gasteiger partial charge in [-0.05, 0) is 38.0 Å². The Morgan fingerprint density at radius 2 is 2.17 bits per heavy atom. The number of ketones is 1. The van der Waals surface area contributed by atoms with Crippen molar-refractivity contribution in [3.63, 3.8) is 0 Å². The Hall–Kier alpha value is -0.410. The molecule has 0 saturated heterocycles. The predicted molar refractivity (Wildman–Crippen MR) is 68.1 cm³/mol. The molecule has 0 unspecified atom stereocenters. The van der Waals surface area contributed by atoms with Crippen LogP contribution in [0.15, 0.2) is 0 Å². The van der Waals surface area contributed by atoms with E-state index in [0.717, 1.165) is 25.7 Å². The summed E-state index contributed by atoms with van der Waals surface area (Å²) in [4.78, 5) is 12.3. The molecule has 0 radical (unpaired) electrons. The van der Waals surface area contributed by atoms with Crippen molar-refractivity contribution in [2.45, 2.75) is 58.0 Å². The minimum Gasteiger partial charge on any atom is -0.359 e. The fourth-order valence-electron chi connectivity index (χ4n) is 4.84. The van der Waals surface area contributed by atoms with Crippen molar-refractivity contribution in [3.8, 4) is 0 Å². The Bertz CT molecular complexity index is 354. The van der Waals surface area contributed by atoms with Gasteiger partial charge < -0.3 is 9.47 Å². The summed E-state index contributed by atoms with van der Waals surface area (Å²) in [6.07, 6.45) is 7.96. The molecule has 102 valence electrons. The van der Waals surface area contributed by atoms with Gasteiger partial charge in [-0.3, -0.25) is 4.79 Å². The minimum absolute atomic E-state index is 0.0531. The first-order valence-corrected chi connectivity index (χ1v) is 7.25. The van der Waals surface area contributed by atoms with Crippen molar-refractivity contribution in [3.05, 3.63) is 0 Å². The second-order valence-electron chi connectivity index (χ2n) is 6.79. The van der Waals surface area contributed by atoms with E-state index < -0.39 is 0 Å². The summed E-state index contributed by atoms with van der Waals surface area (Å²) in [5.74, 6) is 1.07. The molecule has 0 N–H and O–H groups in total. The third-order valence-corrected chi connectivity index (χ3v) is 5.83. The number of carbonyl (C=O) groups excluding carboxylic acids is 1. The molecule has 1 spiro atoms. The monoisotopic (exact) mass is 252 g/mol. The minimum atomic E-state index is -0.0531. The van der Waals surface area contributed by atoms with Gasteiger partial charge in [0.2, 0.25) is 0 Å². The van der Waals surface area contributed by atoms with Crippen LogP contribution in [0.2, 0.25) is 0 Å². The second kappa shape index (κ2) is 4.31. The number of hydrogen-bond donors (Lipinski definition) is 0. The van der Waals surface area contributed by atoms with Crippen LogP contribution in [0, 0.1) is 16.7 Å². The number of ether oxygens (including phenoxy) is 2. The molecule has 0 aliphatic heterocycles. The zero-order chi connectivity index (χ0) is 12.8. The summed E-state index contributed by atoms with van der Waals surface area (Å²) < 4.78 is 11.1. The van der Waals surface area contributed by atoms with E-state index in [1.54, 1.807) is 7.11 Å². The smallest absolute Gasteiger partial charge is 0.146 e. The number of fused-ring (bicyclic) bond motifs is 1. The molecule has 3 heteroatoms. The van der Waals surface area contributed by atoms with Gasteiger partial charge in [-0.1, -0.05) is 13.3 Å². The Morgan fingerprint density at radius 1 is 1.33 bits per heavy atom. The number of methoxy groups -OCH3 is 1. The lowest BCUT2D eigenvalue weighted by atomic mass is 9.56. The number of carbonyl (C=O) groups is 1. The van der Waals surface area contributed by atoms with E-state index in [-0.39, 0.29) is 10.8 Å². The molecule has 3 saturated carbocycles. The van der Waals surface area contributed by atoms with E-state index in [9.17, 15) is 4.79 Å². The van der Waals surface area contributed by atoms with Crippen molar-refractivity contribution in [1.82, 2.24) is 0 Å². The average Bonchev–Trinajstić information content (AvgIpc) is 2.66. The SMILES string of the molecule is COCO[C@H]1CCC[C@H]2CC(=O)[C@@]3(C)CC[C@]21C3. The molecular formula is C15H24O3. The van der Waals surface area contributed by atoms with Gasteiger partial charge in [0.25, 0.3) is 0 Å². The highest BCUT2D eigenvalue weighted by Gasteiger charge is 2.61. The maximum absolute atomic E-state index is 12.3. The summed E-state index contributed by atoms with van der Waals surface area (Å²) in [6, 6.07) is 0. The average molecular weight is 252 g/mol. The van der Waals surface area contributed by atoms with Gasteiger partial charge in [0.1, 0.15) is 12.6 Å². The van der Waals surface area contributed by atoms with Gasteiger partial charge >= 0.3 is 0 Å². The van der Waals surface area contributed by atoms with Gasteiger partial charge in [0, 0.05) is 24.4 Å². The van der Waals surface area contributed by atoms with E-state index in [1.807, 2.05) is 0 Å². The lowest BCUT2D eigenvalue weighted by molar-refractivity contribution is -0.166. The molecule has 0 aromatic rings. The van der Waals surface area contributed by atoms with E-state index in [4.69, 9.17) is 9.47 Å². The zero-order valence-corrected chi connectivity index (χ0v) is 11.5. The summed E-state index contributed by atoms with van der Waals surface area (Å²) in [5, 5.41) is 0. The molecule has 0 aromatic heterocycles. The van der Waals surface area contributed by atoms with Crippen LogP contribution in [0.5, 0.6) is 0 Å². The highest BCUT2D eigenvalue weighted by Crippen LogP contribution is 2.64. The van der Waals surface area contributed by atoms with E-state index >= 15 is 0 Å². The Balaban J connectivity index is 1.86. The Kier molecular flexibility index (Phi) is 3.02. The normalized spacial score (nSPS) is 47.1. The molecule has 3 nitrogen and oxygen atoms in total. The molecule has 2 bridgehead atoms. The third kappa shape index (κ3) is 1.67. The van der Waals surface area contributed by atoms with Crippen LogP contribution >= 0.6 is 0 Å². The molecule has 3 rings (SSSR count). The summed E-state index contributed by atoms with van der Waals surface area (Å²) in [7, 11) is 1.68. The fourth-order valence-corrected chi connectivity index (χ4v) is 4.84.